The zero-order valence-corrected chi connectivity index (χ0v) is 8.25. The molecule has 0 saturated carbocycles. The molecule has 76 valence electrons. The van der Waals surface area contributed by atoms with E-state index >= 15 is 0 Å². The van der Waals surface area contributed by atoms with Crippen molar-refractivity contribution in [2.45, 2.75) is 12.8 Å². The molecule has 0 bridgehead atoms. The monoisotopic (exact) mass is 204 g/mol. The normalized spacial score (nSPS) is 9.07. The molecule has 0 aliphatic rings. The van der Waals surface area contributed by atoms with Crippen molar-refractivity contribution in [1.82, 2.24) is 0 Å². The van der Waals surface area contributed by atoms with Crippen molar-refractivity contribution in [1.29, 1.82) is 10.5 Å². The first-order chi connectivity index (χ1) is 7.22. The van der Waals surface area contributed by atoms with Crippen LogP contribution >= 0.6 is 0 Å². The maximum atomic E-state index is 13.4. The lowest BCUT2D eigenvalue weighted by molar-refractivity contribution is 0.382. The molecule has 0 spiro atoms. The lowest BCUT2D eigenvalue weighted by atomic mass is 10.1. The standard InChI is InChI=1S/C11H9FN2O/c1-15-11-9(3-5-14)6-8(2-4-13)7-10(11)12/h6-7H,2-3H2,1H3. The Morgan fingerprint density at radius 2 is 1.93 bits per heavy atom. The van der Waals surface area contributed by atoms with Gasteiger partial charge in [-0.15, -0.1) is 0 Å². The first-order valence-corrected chi connectivity index (χ1v) is 4.32. The minimum atomic E-state index is -0.532. The Balaban J connectivity index is 3.21. The van der Waals surface area contributed by atoms with Crippen molar-refractivity contribution in [3.05, 3.63) is 29.1 Å². The van der Waals surface area contributed by atoms with E-state index in [4.69, 9.17) is 15.3 Å². The summed E-state index contributed by atoms with van der Waals surface area (Å²) in [5, 5.41) is 17.0. The summed E-state index contributed by atoms with van der Waals surface area (Å²) < 4.78 is 18.3. The average Bonchev–Trinajstić information content (AvgIpc) is 2.18. The number of hydrogen-bond acceptors (Lipinski definition) is 3. The molecule has 0 amide bonds. The number of hydrogen-bond donors (Lipinski definition) is 0. The Morgan fingerprint density at radius 3 is 2.47 bits per heavy atom. The minimum Gasteiger partial charge on any atom is -0.493 e. The number of rotatable bonds is 3. The number of nitriles is 2. The van der Waals surface area contributed by atoms with Gasteiger partial charge >= 0.3 is 0 Å². The highest BCUT2D eigenvalue weighted by Crippen LogP contribution is 2.24. The zero-order chi connectivity index (χ0) is 11.3. The Hall–Kier alpha value is -2.07. The Bertz CT molecular complexity index is 443. The van der Waals surface area contributed by atoms with E-state index < -0.39 is 5.82 Å². The first kappa shape index (κ1) is 11.0. The second-order valence-electron chi connectivity index (χ2n) is 2.94. The highest BCUT2D eigenvalue weighted by molar-refractivity contribution is 5.41. The van der Waals surface area contributed by atoms with Crippen LogP contribution in [0.15, 0.2) is 12.1 Å². The molecule has 0 saturated heterocycles. The maximum Gasteiger partial charge on any atom is 0.165 e. The summed E-state index contributed by atoms with van der Waals surface area (Å²) in [7, 11) is 1.35. The van der Waals surface area contributed by atoms with E-state index in [1.165, 1.54) is 13.2 Å². The zero-order valence-electron chi connectivity index (χ0n) is 8.25. The maximum absolute atomic E-state index is 13.4. The van der Waals surface area contributed by atoms with E-state index in [0.717, 1.165) is 0 Å². The van der Waals surface area contributed by atoms with Crippen LogP contribution in [0.5, 0.6) is 5.75 Å². The van der Waals surface area contributed by atoms with Crippen LogP contribution in [0.1, 0.15) is 11.1 Å². The summed E-state index contributed by atoms with van der Waals surface area (Å²) in [5.74, 6) is -0.450. The van der Waals surface area contributed by atoms with Gasteiger partial charge in [0.05, 0.1) is 32.1 Å². The molecule has 1 aromatic rings. The van der Waals surface area contributed by atoms with Crippen molar-refractivity contribution in [2.75, 3.05) is 7.11 Å². The molecule has 1 aromatic carbocycles. The fraction of sp³-hybridized carbons (Fsp3) is 0.273. The molecule has 3 nitrogen and oxygen atoms in total. The SMILES string of the molecule is COc1c(F)cc(CC#N)cc1CC#N. The van der Waals surface area contributed by atoms with E-state index in [-0.39, 0.29) is 18.6 Å². The molecule has 0 unspecified atom stereocenters. The number of nitrogens with zero attached hydrogens (tertiary/aromatic N) is 2. The molecule has 15 heavy (non-hydrogen) atoms. The molecule has 0 atom stereocenters. The minimum absolute atomic E-state index is 0.0688. The summed E-state index contributed by atoms with van der Waals surface area (Å²) in [6.07, 6.45) is 0.193. The molecule has 0 aliphatic heterocycles. The number of benzene rings is 1. The summed E-state index contributed by atoms with van der Waals surface area (Å²) in [6, 6.07) is 6.73. The molecule has 0 radical (unpaired) electrons. The Morgan fingerprint density at radius 1 is 1.27 bits per heavy atom. The number of methoxy groups -OCH3 is 1. The molecule has 4 heteroatoms. The first-order valence-electron chi connectivity index (χ1n) is 4.32. The molecule has 0 N–H and O–H groups in total. The van der Waals surface area contributed by atoms with Crippen molar-refractivity contribution in [2.24, 2.45) is 0 Å². The number of halogens is 1. The molecule has 1 rings (SSSR count). The van der Waals surface area contributed by atoms with Gasteiger partial charge in [0.1, 0.15) is 0 Å². The largest absolute Gasteiger partial charge is 0.493 e. The quantitative estimate of drug-likeness (QED) is 0.756. The highest BCUT2D eigenvalue weighted by Gasteiger charge is 2.11. The van der Waals surface area contributed by atoms with E-state index in [9.17, 15) is 4.39 Å². The second kappa shape index (κ2) is 4.97. The van der Waals surface area contributed by atoms with Crippen LogP contribution in [0, 0.1) is 28.5 Å². The van der Waals surface area contributed by atoms with Gasteiger partial charge in [0.2, 0.25) is 0 Å². The van der Waals surface area contributed by atoms with E-state index in [2.05, 4.69) is 0 Å². The highest BCUT2D eigenvalue weighted by atomic mass is 19.1. The third-order valence-electron chi connectivity index (χ3n) is 1.94. The van der Waals surface area contributed by atoms with Gasteiger partial charge in [-0.3, -0.25) is 0 Å². The van der Waals surface area contributed by atoms with Gasteiger partial charge in [-0.25, -0.2) is 4.39 Å². The predicted molar refractivity (Wildman–Crippen MR) is 51.6 cm³/mol. The molecule has 0 fully saturated rings. The van der Waals surface area contributed by atoms with Crippen LogP contribution in [0.2, 0.25) is 0 Å². The van der Waals surface area contributed by atoms with E-state index in [1.807, 2.05) is 12.1 Å². The smallest absolute Gasteiger partial charge is 0.165 e. The fourth-order valence-electron chi connectivity index (χ4n) is 1.35. The summed E-state index contributed by atoms with van der Waals surface area (Å²) in [6.45, 7) is 0. The summed E-state index contributed by atoms with van der Waals surface area (Å²) in [5.41, 5.74) is 1.03. The van der Waals surface area contributed by atoms with Crippen molar-refractivity contribution in [3.8, 4) is 17.9 Å². The fourth-order valence-corrected chi connectivity index (χ4v) is 1.35. The van der Waals surface area contributed by atoms with Gasteiger partial charge < -0.3 is 4.74 Å². The van der Waals surface area contributed by atoms with Gasteiger partial charge in [0.15, 0.2) is 11.6 Å². The van der Waals surface area contributed by atoms with Crippen molar-refractivity contribution in [3.63, 3.8) is 0 Å². The number of ether oxygens (including phenoxy) is 1. The van der Waals surface area contributed by atoms with Crippen LogP contribution in [-0.2, 0) is 12.8 Å². The Kier molecular flexibility index (Phi) is 3.65. The van der Waals surface area contributed by atoms with Crippen LogP contribution in [0.4, 0.5) is 4.39 Å². The van der Waals surface area contributed by atoms with Gasteiger partial charge in [-0.2, -0.15) is 10.5 Å². The topological polar surface area (TPSA) is 56.8 Å². The lowest BCUT2D eigenvalue weighted by Gasteiger charge is -2.08. The van der Waals surface area contributed by atoms with Crippen LogP contribution in [0.3, 0.4) is 0 Å². The third-order valence-corrected chi connectivity index (χ3v) is 1.94. The van der Waals surface area contributed by atoms with Crippen LogP contribution < -0.4 is 4.74 Å². The molecular weight excluding hydrogens is 195 g/mol. The molecule has 0 aliphatic carbocycles. The van der Waals surface area contributed by atoms with E-state index in [0.29, 0.717) is 11.1 Å². The average molecular weight is 204 g/mol. The molecule has 0 aromatic heterocycles. The lowest BCUT2D eigenvalue weighted by Crippen LogP contribution is -1.97. The molecule has 0 heterocycles. The van der Waals surface area contributed by atoms with Crippen molar-refractivity contribution >= 4 is 0 Å². The van der Waals surface area contributed by atoms with Gasteiger partial charge in [-0.05, 0) is 17.7 Å². The van der Waals surface area contributed by atoms with Crippen molar-refractivity contribution < 1.29 is 9.13 Å². The predicted octanol–water partition coefficient (Wildman–Crippen LogP) is 1.97. The van der Waals surface area contributed by atoms with Gasteiger partial charge in [0, 0.05) is 5.56 Å². The van der Waals surface area contributed by atoms with E-state index in [1.54, 1.807) is 6.07 Å². The van der Waals surface area contributed by atoms with Crippen LogP contribution in [-0.4, -0.2) is 7.11 Å². The van der Waals surface area contributed by atoms with Gasteiger partial charge in [-0.1, -0.05) is 0 Å². The second-order valence-corrected chi connectivity index (χ2v) is 2.94. The third kappa shape index (κ3) is 2.45. The van der Waals surface area contributed by atoms with Gasteiger partial charge in [0.25, 0.3) is 0 Å². The summed E-state index contributed by atoms with van der Waals surface area (Å²) >= 11 is 0. The van der Waals surface area contributed by atoms with Crippen LogP contribution in [0.25, 0.3) is 0 Å². The molecular formula is C11H9FN2O. The summed E-state index contributed by atoms with van der Waals surface area (Å²) in [4.78, 5) is 0. The Labute approximate surface area is 87.3 Å².